The number of esters is 1. The van der Waals surface area contributed by atoms with Gasteiger partial charge in [0.2, 0.25) is 6.33 Å². The Morgan fingerprint density at radius 2 is 2.23 bits per heavy atom. The number of aromatic nitrogens is 4. The predicted molar refractivity (Wildman–Crippen MR) is 76.6 cm³/mol. The van der Waals surface area contributed by atoms with E-state index in [1.165, 1.54) is 0 Å². The van der Waals surface area contributed by atoms with Crippen LogP contribution < -0.4 is 26.4 Å². The van der Waals surface area contributed by atoms with Crippen LogP contribution in [0.1, 0.15) is 5.82 Å². The molecule has 0 fully saturated rings. The molecule has 120 valence electrons. The molecule has 2 heterocycles. The molecule has 0 saturated heterocycles. The number of rotatable bonds is 6. The van der Waals surface area contributed by atoms with E-state index in [1.807, 2.05) is 55.4 Å². The normalized spacial score (nSPS) is 9.95. The van der Waals surface area contributed by atoms with E-state index in [4.69, 9.17) is 4.74 Å². The van der Waals surface area contributed by atoms with Crippen molar-refractivity contribution >= 4 is 11.8 Å². The van der Waals surface area contributed by atoms with Gasteiger partial charge in [0, 0.05) is 26.7 Å². The maximum atomic E-state index is 11.7. The van der Waals surface area contributed by atoms with Gasteiger partial charge >= 0.3 is 5.97 Å². The molecule has 0 spiro atoms. The molecule has 0 aliphatic heterocycles. The number of hydrogen-bond acceptors (Lipinski definition) is 5. The maximum Gasteiger partial charge on any atom is 0.348 e. The third-order valence-corrected chi connectivity index (χ3v) is 2.87. The van der Waals surface area contributed by atoms with Gasteiger partial charge in [-0.1, -0.05) is 0 Å². The van der Waals surface area contributed by atoms with E-state index in [9.17, 15) is 4.79 Å². The van der Waals surface area contributed by atoms with Gasteiger partial charge in [0.25, 0.3) is 0 Å². The number of nitrogens with zero attached hydrogens (tertiary/aromatic N) is 5. The summed E-state index contributed by atoms with van der Waals surface area (Å²) < 4.78 is 8.84. The highest BCUT2D eigenvalue weighted by Gasteiger charge is 2.09. The van der Waals surface area contributed by atoms with Crippen LogP contribution in [-0.4, -0.2) is 41.2 Å². The monoisotopic (exact) mass is 369 g/mol. The van der Waals surface area contributed by atoms with E-state index in [-0.39, 0.29) is 36.1 Å². The topological polar surface area (TPSA) is 64.1 Å². The number of anilines is 1. The molecule has 0 unspecified atom stereocenters. The molecule has 0 atom stereocenters. The Balaban J connectivity index is 0.00000242. The molecule has 0 N–H and O–H groups in total. The van der Waals surface area contributed by atoms with Crippen molar-refractivity contribution in [2.75, 3.05) is 25.6 Å². The molecule has 0 aliphatic carbocycles. The zero-order chi connectivity index (χ0) is 15.2. The number of hydrogen-bond donors (Lipinski definition) is 0. The molecule has 8 heteroatoms. The Morgan fingerprint density at radius 3 is 2.86 bits per heavy atom. The van der Waals surface area contributed by atoms with Crippen LogP contribution >= 0.6 is 0 Å². The summed E-state index contributed by atoms with van der Waals surface area (Å²) in [6.07, 6.45) is 7.73. The highest BCUT2D eigenvalue weighted by Crippen LogP contribution is 2.05. The van der Waals surface area contributed by atoms with E-state index in [0.29, 0.717) is 12.2 Å². The van der Waals surface area contributed by atoms with Crippen molar-refractivity contribution in [3.05, 3.63) is 36.8 Å². The van der Waals surface area contributed by atoms with E-state index >= 15 is 0 Å². The SMILES string of the molecule is CN(C)c1ccnc(CCOC(=O)Cn2cc[n+](C)c2)n1.[Br-]. The Hall–Kier alpha value is -1.96. The third-order valence-electron chi connectivity index (χ3n) is 2.87. The Morgan fingerprint density at radius 1 is 1.45 bits per heavy atom. The molecule has 2 aromatic rings. The number of carbonyl (C=O) groups excluding carboxylic acids is 1. The Kier molecular flexibility index (Phi) is 6.97. The molecule has 7 nitrogen and oxygen atoms in total. The van der Waals surface area contributed by atoms with Crippen molar-refractivity contribution < 1.29 is 31.1 Å². The zero-order valence-corrected chi connectivity index (χ0v) is 14.5. The number of halogens is 1. The van der Waals surface area contributed by atoms with E-state index in [2.05, 4.69) is 9.97 Å². The standard InChI is InChI=1S/C14H20N5O2.BrH/c1-17(2)13-4-6-15-12(16-13)5-9-21-14(20)10-19-8-7-18(3)11-19;/h4,6-8,11H,5,9-10H2,1-3H3;1H/q+1;/p-1. The minimum Gasteiger partial charge on any atom is -1.00 e. The number of imidazole rings is 1. The number of carbonyl (C=O) groups is 1. The first kappa shape index (κ1) is 18.1. The van der Waals surface area contributed by atoms with Crippen LogP contribution in [0.4, 0.5) is 5.82 Å². The lowest BCUT2D eigenvalue weighted by molar-refractivity contribution is -0.671. The van der Waals surface area contributed by atoms with Gasteiger partial charge in [-0.25, -0.2) is 23.9 Å². The average molecular weight is 370 g/mol. The van der Waals surface area contributed by atoms with Crippen molar-refractivity contribution in [2.45, 2.75) is 13.0 Å². The third kappa shape index (κ3) is 5.44. The van der Waals surface area contributed by atoms with Crippen molar-refractivity contribution in [3.63, 3.8) is 0 Å². The molecule has 2 aromatic heterocycles. The summed E-state index contributed by atoms with van der Waals surface area (Å²) in [4.78, 5) is 22.1. The molecule has 22 heavy (non-hydrogen) atoms. The first-order valence-electron chi connectivity index (χ1n) is 6.70. The molecular formula is C14H20BrN5O2. The van der Waals surface area contributed by atoms with Crippen molar-refractivity contribution in [3.8, 4) is 0 Å². The molecule has 0 aliphatic rings. The fraction of sp³-hybridized carbons (Fsp3) is 0.429. The van der Waals surface area contributed by atoms with Gasteiger partial charge in [-0.15, -0.1) is 0 Å². The van der Waals surface area contributed by atoms with E-state index in [1.54, 1.807) is 10.8 Å². The zero-order valence-electron chi connectivity index (χ0n) is 12.9. The first-order valence-corrected chi connectivity index (χ1v) is 6.70. The second-order valence-electron chi connectivity index (χ2n) is 4.95. The summed E-state index contributed by atoms with van der Waals surface area (Å²) in [7, 11) is 5.74. The maximum absolute atomic E-state index is 11.7. The van der Waals surface area contributed by atoms with Gasteiger partial charge in [-0.3, -0.25) is 0 Å². The second-order valence-corrected chi connectivity index (χ2v) is 4.95. The van der Waals surface area contributed by atoms with Crippen molar-refractivity contribution in [2.24, 2.45) is 7.05 Å². The summed E-state index contributed by atoms with van der Waals surface area (Å²) in [5.74, 6) is 1.24. The predicted octanol–water partition coefficient (Wildman–Crippen LogP) is -3.04. The summed E-state index contributed by atoms with van der Waals surface area (Å²) in [5.41, 5.74) is 0. The molecular weight excluding hydrogens is 350 g/mol. The fourth-order valence-corrected chi connectivity index (χ4v) is 1.80. The van der Waals surface area contributed by atoms with Gasteiger partial charge in [0.15, 0.2) is 6.54 Å². The summed E-state index contributed by atoms with van der Waals surface area (Å²) in [6, 6.07) is 1.83. The Labute approximate surface area is 140 Å². The van der Waals surface area contributed by atoms with E-state index < -0.39 is 0 Å². The van der Waals surface area contributed by atoms with Crippen LogP contribution in [0.15, 0.2) is 31.0 Å². The van der Waals surface area contributed by atoms with Gasteiger partial charge in [0.1, 0.15) is 24.0 Å². The van der Waals surface area contributed by atoms with Crippen LogP contribution in [0.25, 0.3) is 0 Å². The smallest absolute Gasteiger partial charge is 0.348 e. The molecule has 2 rings (SSSR count). The first-order chi connectivity index (χ1) is 10.0. The summed E-state index contributed by atoms with van der Waals surface area (Å²) in [5, 5.41) is 0. The lowest BCUT2D eigenvalue weighted by atomic mass is 10.4. The van der Waals surface area contributed by atoms with Crippen LogP contribution in [0.5, 0.6) is 0 Å². The largest absolute Gasteiger partial charge is 1.00 e. The molecule has 0 saturated carbocycles. The van der Waals surface area contributed by atoms with Gasteiger partial charge < -0.3 is 26.6 Å². The minimum absolute atomic E-state index is 0. The van der Waals surface area contributed by atoms with Gasteiger partial charge in [-0.05, 0) is 6.07 Å². The second kappa shape index (κ2) is 8.47. The van der Waals surface area contributed by atoms with Crippen molar-refractivity contribution in [1.82, 2.24) is 14.5 Å². The molecule has 0 bridgehead atoms. The van der Waals surface area contributed by atoms with Crippen LogP contribution in [0.2, 0.25) is 0 Å². The Bertz CT molecular complexity index is 615. The van der Waals surface area contributed by atoms with Gasteiger partial charge in [-0.2, -0.15) is 0 Å². The highest BCUT2D eigenvalue weighted by atomic mass is 79.9. The lowest BCUT2D eigenvalue weighted by Crippen LogP contribution is -3.00. The van der Waals surface area contributed by atoms with Crippen LogP contribution in [-0.2, 0) is 29.5 Å². The summed E-state index contributed by atoms with van der Waals surface area (Å²) in [6.45, 7) is 0.489. The van der Waals surface area contributed by atoms with E-state index in [0.717, 1.165) is 5.82 Å². The summed E-state index contributed by atoms with van der Waals surface area (Å²) >= 11 is 0. The van der Waals surface area contributed by atoms with Crippen molar-refractivity contribution in [1.29, 1.82) is 0 Å². The minimum atomic E-state index is -0.269. The van der Waals surface area contributed by atoms with Crippen LogP contribution in [0.3, 0.4) is 0 Å². The molecule has 0 amide bonds. The average Bonchev–Trinajstić information content (AvgIpc) is 2.84. The van der Waals surface area contributed by atoms with Crippen LogP contribution in [0, 0.1) is 0 Å². The highest BCUT2D eigenvalue weighted by molar-refractivity contribution is 5.69. The fourth-order valence-electron chi connectivity index (χ4n) is 1.80. The number of aryl methyl sites for hydroxylation is 1. The quantitative estimate of drug-likeness (QED) is 0.400. The number of ether oxygens (including phenoxy) is 1. The molecule has 0 aromatic carbocycles. The van der Waals surface area contributed by atoms with Gasteiger partial charge in [0.05, 0.1) is 13.7 Å². The lowest BCUT2D eigenvalue weighted by Gasteiger charge is -2.11. The molecule has 0 radical (unpaired) electrons.